The SMILES string of the molecule is C=C(OC)c1cccc(OCC(=O)c2cc(CCCCCC)c(O)cc2O)c1. The monoisotopic (exact) mass is 384 g/mol. The Morgan fingerprint density at radius 2 is 1.86 bits per heavy atom. The molecule has 0 bridgehead atoms. The minimum atomic E-state index is -0.358. The maximum atomic E-state index is 12.5. The van der Waals surface area contributed by atoms with Gasteiger partial charge < -0.3 is 19.7 Å². The quantitative estimate of drug-likeness (QED) is 0.320. The van der Waals surface area contributed by atoms with Crippen LogP contribution in [-0.4, -0.2) is 29.7 Å². The molecule has 0 heterocycles. The maximum Gasteiger partial charge on any atom is 0.203 e. The van der Waals surface area contributed by atoms with E-state index in [9.17, 15) is 15.0 Å². The third kappa shape index (κ3) is 5.78. The zero-order valence-corrected chi connectivity index (χ0v) is 16.5. The van der Waals surface area contributed by atoms with Gasteiger partial charge in [0.15, 0.2) is 6.61 Å². The first-order valence-corrected chi connectivity index (χ1v) is 9.50. The lowest BCUT2D eigenvalue weighted by Crippen LogP contribution is -2.12. The van der Waals surface area contributed by atoms with Crippen molar-refractivity contribution in [3.63, 3.8) is 0 Å². The number of ether oxygens (including phenoxy) is 2. The second kappa shape index (κ2) is 10.4. The molecule has 0 saturated heterocycles. The van der Waals surface area contributed by atoms with E-state index < -0.39 is 0 Å². The second-order valence-corrected chi connectivity index (χ2v) is 6.68. The van der Waals surface area contributed by atoms with E-state index in [2.05, 4.69) is 13.5 Å². The third-order valence-electron chi connectivity index (χ3n) is 4.57. The number of ketones is 1. The lowest BCUT2D eigenvalue weighted by molar-refractivity contribution is 0.0918. The number of phenolic OH excluding ortho intramolecular Hbond substituents is 2. The Labute approximate surface area is 166 Å². The van der Waals surface area contributed by atoms with Gasteiger partial charge in [0.2, 0.25) is 5.78 Å². The molecule has 2 N–H and O–H groups in total. The molecule has 0 aromatic heterocycles. The van der Waals surface area contributed by atoms with Gasteiger partial charge in [0, 0.05) is 11.6 Å². The number of unbranched alkanes of at least 4 members (excludes halogenated alkanes) is 3. The van der Waals surface area contributed by atoms with Gasteiger partial charge in [-0.05, 0) is 36.6 Å². The van der Waals surface area contributed by atoms with Crippen LogP contribution in [0.1, 0.15) is 54.1 Å². The standard InChI is InChI=1S/C23H28O5/c1-4-5-6-7-9-18-13-20(22(25)14-21(18)24)23(26)15-28-19-11-8-10-17(12-19)16(2)27-3/h8,10-14,24-25H,2,4-7,9,15H2,1,3H3. The average molecular weight is 384 g/mol. The number of Topliss-reactive ketones (excluding diaryl/α,β-unsaturated/α-hetero) is 1. The number of rotatable bonds is 11. The zero-order chi connectivity index (χ0) is 20.5. The molecular formula is C23H28O5. The smallest absolute Gasteiger partial charge is 0.203 e. The lowest BCUT2D eigenvalue weighted by Gasteiger charge is -2.11. The Hall–Kier alpha value is -2.95. The van der Waals surface area contributed by atoms with Crippen LogP contribution < -0.4 is 4.74 Å². The second-order valence-electron chi connectivity index (χ2n) is 6.68. The lowest BCUT2D eigenvalue weighted by atomic mass is 10.0. The van der Waals surface area contributed by atoms with E-state index in [0.717, 1.165) is 31.2 Å². The van der Waals surface area contributed by atoms with Crippen LogP contribution in [0, 0.1) is 0 Å². The molecule has 0 amide bonds. The normalized spacial score (nSPS) is 10.5. The zero-order valence-electron chi connectivity index (χ0n) is 16.5. The number of hydrogen-bond donors (Lipinski definition) is 2. The molecule has 0 aliphatic heterocycles. The number of benzene rings is 2. The summed E-state index contributed by atoms with van der Waals surface area (Å²) in [6.07, 6.45) is 4.90. The topological polar surface area (TPSA) is 76.0 Å². The van der Waals surface area contributed by atoms with Gasteiger partial charge >= 0.3 is 0 Å². The van der Waals surface area contributed by atoms with Crippen LogP contribution in [0.25, 0.3) is 5.76 Å². The molecule has 0 spiro atoms. The molecule has 2 rings (SSSR count). The fraction of sp³-hybridized carbons (Fsp3) is 0.348. The highest BCUT2D eigenvalue weighted by molar-refractivity contribution is 6.00. The number of hydrogen-bond acceptors (Lipinski definition) is 5. The van der Waals surface area contributed by atoms with Gasteiger partial charge in [-0.3, -0.25) is 4.79 Å². The number of phenols is 2. The van der Waals surface area contributed by atoms with Crippen molar-refractivity contribution in [2.24, 2.45) is 0 Å². The summed E-state index contributed by atoms with van der Waals surface area (Å²) >= 11 is 0. The van der Waals surface area contributed by atoms with Gasteiger partial charge in [-0.1, -0.05) is 44.9 Å². The number of carbonyl (C=O) groups is 1. The fourth-order valence-electron chi connectivity index (χ4n) is 2.89. The van der Waals surface area contributed by atoms with Crippen molar-refractivity contribution < 1.29 is 24.5 Å². The Kier molecular flexibility index (Phi) is 7.93. The Morgan fingerprint density at radius 1 is 1.07 bits per heavy atom. The third-order valence-corrected chi connectivity index (χ3v) is 4.57. The molecule has 150 valence electrons. The van der Waals surface area contributed by atoms with Crippen molar-refractivity contribution >= 4 is 11.5 Å². The van der Waals surface area contributed by atoms with E-state index in [-0.39, 0.29) is 29.5 Å². The number of aromatic hydroxyl groups is 2. The first-order valence-electron chi connectivity index (χ1n) is 9.50. The molecule has 2 aromatic carbocycles. The Morgan fingerprint density at radius 3 is 2.57 bits per heavy atom. The highest BCUT2D eigenvalue weighted by Gasteiger charge is 2.16. The summed E-state index contributed by atoms with van der Waals surface area (Å²) in [6, 6.07) is 9.87. The molecule has 5 nitrogen and oxygen atoms in total. The van der Waals surface area contributed by atoms with E-state index in [1.165, 1.54) is 13.2 Å². The molecule has 0 radical (unpaired) electrons. The molecule has 0 unspecified atom stereocenters. The van der Waals surface area contributed by atoms with Crippen molar-refractivity contribution in [2.45, 2.75) is 39.0 Å². The number of aryl methyl sites for hydroxylation is 1. The molecule has 0 aliphatic rings. The van der Waals surface area contributed by atoms with Crippen LogP contribution in [0.15, 0.2) is 43.0 Å². The van der Waals surface area contributed by atoms with E-state index in [0.29, 0.717) is 23.5 Å². The summed E-state index contributed by atoms with van der Waals surface area (Å²) in [5.74, 6) is 0.410. The van der Waals surface area contributed by atoms with Crippen LogP contribution in [0.4, 0.5) is 0 Å². The number of carbonyl (C=O) groups excluding carboxylic acids is 1. The predicted molar refractivity (Wildman–Crippen MR) is 110 cm³/mol. The van der Waals surface area contributed by atoms with Crippen molar-refractivity contribution in [3.05, 3.63) is 59.7 Å². The molecule has 0 atom stereocenters. The summed E-state index contributed by atoms with van der Waals surface area (Å²) in [5, 5.41) is 20.1. The van der Waals surface area contributed by atoms with Crippen molar-refractivity contribution in [3.8, 4) is 17.2 Å². The van der Waals surface area contributed by atoms with Gasteiger partial charge in [0.25, 0.3) is 0 Å². The highest BCUT2D eigenvalue weighted by atomic mass is 16.5. The Bertz CT molecular complexity index is 826. The Balaban J connectivity index is 2.06. The molecule has 0 fully saturated rings. The molecule has 5 heteroatoms. The minimum absolute atomic E-state index is 0.0113. The van der Waals surface area contributed by atoms with Crippen LogP contribution in [-0.2, 0) is 11.2 Å². The summed E-state index contributed by atoms with van der Waals surface area (Å²) in [4.78, 5) is 12.5. The fourth-order valence-corrected chi connectivity index (χ4v) is 2.89. The van der Waals surface area contributed by atoms with Crippen molar-refractivity contribution in [1.29, 1.82) is 0 Å². The van der Waals surface area contributed by atoms with Gasteiger partial charge in [-0.25, -0.2) is 0 Å². The van der Waals surface area contributed by atoms with Crippen LogP contribution in [0.2, 0.25) is 0 Å². The molecule has 0 saturated carbocycles. The summed E-state index contributed by atoms with van der Waals surface area (Å²) < 4.78 is 10.7. The first kappa shape index (κ1) is 21.4. The van der Waals surface area contributed by atoms with Crippen LogP contribution in [0.3, 0.4) is 0 Å². The molecule has 28 heavy (non-hydrogen) atoms. The summed E-state index contributed by atoms with van der Waals surface area (Å²) in [5.41, 5.74) is 1.57. The van der Waals surface area contributed by atoms with Crippen LogP contribution in [0.5, 0.6) is 17.2 Å². The average Bonchev–Trinajstić information content (AvgIpc) is 2.70. The van der Waals surface area contributed by atoms with E-state index in [1.54, 1.807) is 24.3 Å². The summed E-state index contributed by atoms with van der Waals surface area (Å²) in [7, 11) is 1.53. The van der Waals surface area contributed by atoms with Crippen molar-refractivity contribution in [1.82, 2.24) is 0 Å². The van der Waals surface area contributed by atoms with E-state index in [4.69, 9.17) is 9.47 Å². The van der Waals surface area contributed by atoms with Gasteiger partial charge in [0.1, 0.15) is 23.0 Å². The first-order chi connectivity index (χ1) is 13.5. The van der Waals surface area contributed by atoms with Crippen LogP contribution >= 0.6 is 0 Å². The largest absolute Gasteiger partial charge is 0.508 e. The van der Waals surface area contributed by atoms with Gasteiger partial charge in [-0.15, -0.1) is 0 Å². The van der Waals surface area contributed by atoms with Gasteiger partial charge in [0.05, 0.1) is 12.7 Å². The summed E-state index contributed by atoms with van der Waals surface area (Å²) in [6.45, 7) is 5.70. The molecule has 2 aromatic rings. The molecular weight excluding hydrogens is 356 g/mol. The van der Waals surface area contributed by atoms with E-state index >= 15 is 0 Å². The number of methoxy groups -OCH3 is 1. The predicted octanol–water partition coefficient (Wildman–Crippen LogP) is 5.10. The van der Waals surface area contributed by atoms with E-state index in [1.807, 2.05) is 6.07 Å². The maximum absolute atomic E-state index is 12.5. The van der Waals surface area contributed by atoms with Gasteiger partial charge in [-0.2, -0.15) is 0 Å². The minimum Gasteiger partial charge on any atom is -0.508 e. The molecule has 0 aliphatic carbocycles. The highest BCUT2D eigenvalue weighted by Crippen LogP contribution is 2.29. The van der Waals surface area contributed by atoms with Crippen molar-refractivity contribution in [2.75, 3.05) is 13.7 Å².